The molecule has 0 spiro atoms. The molecule has 244 valence electrons. The van der Waals surface area contributed by atoms with Crippen molar-refractivity contribution in [2.24, 2.45) is 0 Å². The molecule has 0 saturated heterocycles. The predicted molar refractivity (Wildman–Crippen MR) is 191 cm³/mol. The van der Waals surface area contributed by atoms with Gasteiger partial charge in [0.25, 0.3) is 0 Å². The van der Waals surface area contributed by atoms with Gasteiger partial charge in [-0.1, -0.05) is 66.7 Å². The topological polar surface area (TPSA) is 86.2 Å². The van der Waals surface area contributed by atoms with Crippen LogP contribution in [0.1, 0.15) is 22.3 Å². The zero-order valence-electron chi connectivity index (χ0n) is 26.7. The Labute approximate surface area is 293 Å². The Morgan fingerprint density at radius 1 is 0.538 bits per heavy atom. The monoisotopic (exact) mass is 681 g/mol. The van der Waals surface area contributed by atoms with Gasteiger partial charge in [0, 0.05) is 51.4 Å². The van der Waals surface area contributed by atoms with Crippen molar-refractivity contribution in [3.05, 3.63) is 161 Å². The van der Waals surface area contributed by atoms with E-state index < -0.39 is 40.0 Å². The molecule has 0 fully saturated rings. The van der Waals surface area contributed by atoms with E-state index in [4.69, 9.17) is 15.2 Å². The Bertz CT molecular complexity index is 2960. The van der Waals surface area contributed by atoms with Crippen LogP contribution in [0.25, 0.3) is 77.2 Å². The first-order valence-corrected chi connectivity index (χ1v) is 16.1. The van der Waals surface area contributed by atoms with Crippen LogP contribution in [0.5, 0.6) is 0 Å². The van der Waals surface area contributed by atoms with E-state index in [1.54, 1.807) is 48.8 Å². The van der Waals surface area contributed by atoms with Crippen molar-refractivity contribution in [1.29, 1.82) is 10.5 Å². The number of pyridine rings is 3. The average Bonchev–Trinajstić information content (AvgIpc) is 3.51. The maximum atomic E-state index is 15.4. The van der Waals surface area contributed by atoms with Gasteiger partial charge in [-0.25, -0.2) is 17.6 Å². The summed E-state index contributed by atoms with van der Waals surface area (Å²) in [5, 5.41) is 22.2. The van der Waals surface area contributed by atoms with E-state index in [0.717, 1.165) is 50.0 Å². The van der Waals surface area contributed by atoms with Crippen LogP contribution >= 0.6 is 0 Å². The van der Waals surface area contributed by atoms with E-state index in [9.17, 15) is 14.0 Å². The number of hydrogen-bond donors (Lipinski definition) is 0. The summed E-state index contributed by atoms with van der Waals surface area (Å²) in [4.78, 5) is 14.1. The Morgan fingerprint density at radius 2 is 1.19 bits per heavy atom. The van der Waals surface area contributed by atoms with Gasteiger partial charge in [0.15, 0.2) is 23.3 Å². The molecule has 0 saturated carbocycles. The SMILES string of the molecule is N#C/C(=C1/c2ccccc2-c2ccc(-c3cnc4c(ccc5cc(-c6cccc7ncccc67)cnc54)c3)cc21)c1c(F)c(F)c(C#N)c(F)c1F. The first-order valence-electron chi connectivity index (χ1n) is 16.1. The second-order valence-corrected chi connectivity index (χ2v) is 12.3. The number of nitrogens with zero attached hydrogens (tertiary/aromatic N) is 5. The summed E-state index contributed by atoms with van der Waals surface area (Å²) in [7, 11) is 0. The highest BCUT2D eigenvalue weighted by Gasteiger charge is 2.33. The van der Waals surface area contributed by atoms with Crippen molar-refractivity contribution in [2.75, 3.05) is 0 Å². The lowest BCUT2D eigenvalue weighted by Crippen LogP contribution is -2.07. The fourth-order valence-corrected chi connectivity index (χ4v) is 7.16. The Balaban J connectivity index is 1.18. The van der Waals surface area contributed by atoms with Crippen molar-refractivity contribution in [3.8, 4) is 45.5 Å². The quantitative estimate of drug-likeness (QED) is 0.0802. The maximum absolute atomic E-state index is 15.4. The number of aromatic nitrogens is 3. The third-order valence-corrected chi connectivity index (χ3v) is 9.55. The second-order valence-electron chi connectivity index (χ2n) is 12.3. The van der Waals surface area contributed by atoms with E-state index in [0.29, 0.717) is 33.3 Å². The third kappa shape index (κ3) is 4.50. The maximum Gasteiger partial charge on any atom is 0.180 e. The van der Waals surface area contributed by atoms with Crippen molar-refractivity contribution in [3.63, 3.8) is 0 Å². The van der Waals surface area contributed by atoms with Crippen LogP contribution < -0.4 is 0 Å². The highest BCUT2D eigenvalue weighted by Crippen LogP contribution is 2.49. The summed E-state index contributed by atoms with van der Waals surface area (Å²) in [6.07, 6.45) is 5.30. The molecule has 1 aliphatic rings. The first-order chi connectivity index (χ1) is 25.4. The minimum atomic E-state index is -1.86. The Morgan fingerprint density at radius 3 is 1.90 bits per heavy atom. The van der Waals surface area contributed by atoms with Crippen LogP contribution in [0.15, 0.2) is 116 Å². The van der Waals surface area contributed by atoms with E-state index >= 15 is 8.78 Å². The molecule has 0 atom stereocenters. The number of hydrogen-bond acceptors (Lipinski definition) is 5. The van der Waals surface area contributed by atoms with Crippen molar-refractivity contribution >= 4 is 43.9 Å². The standard InChI is InChI=1S/C43H19F4N5/c44-38-34(19-49)39(45)41(47)37(40(38)46)33(18-48)36-31-6-2-1-5-28(31)29-13-12-22(17-32(29)36)25-15-23-10-11-24-16-26(21-52-43(24)42(23)51-20-25)27-7-3-9-35-30(27)8-4-14-50-35/h1-17,20-21H/b36-33+. The summed E-state index contributed by atoms with van der Waals surface area (Å²) in [6.45, 7) is 0. The van der Waals surface area contributed by atoms with E-state index in [2.05, 4.69) is 11.1 Å². The van der Waals surface area contributed by atoms with Gasteiger partial charge < -0.3 is 0 Å². The van der Waals surface area contributed by atoms with Crippen LogP contribution in [0.4, 0.5) is 17.6 Å². The zero-order chi connectivity index (χ0) is 35.7. The molecule has 0 amide bonds. The Hall–Kier alpha value is -7.23. The normalized spacial score (nSPS) is 12.8. The number of benzene rings is 5. The van der Waals surface area contributed by atoms with Crippen LogP contribution in [0, 0.1) is 45.9 Å². The molecule has 9 heteroatoms. The summed E-state index contributed by atoms with van der Waals surface area (Å²) in [6, 6.07) is 33.3. The molecule has 1 aliphatic carbocycles. The largest absolute Gasteiger partial charge is 0.256 e. The molecule has 0 unspecified atom stereocenters. The molecule has 8 aromatic rings. The summed E-state index contributed by atoms with van der Waals surface area (Å²) < 4.78 is 60.3. The number of rotatable bonds is 3. The fourth-order valence-electron chi connectivity index (χ4n) is 7.16. The van der Waals surface area contributed by atoms with Crippen molar-refractivity contribution in [1.82, 2.24) is 15.0 Å². The fraction of sp³-hybridized carbons (Fsp3) is 0. The molecule has 5 nitrogen and oxygen atoms in total. The summed E-state index contributed by atoms with van der Waals surface area (Å²) >= 11 is 0. The smallest absolute Gasteiger partial charge is 0.180 e. The van der Waals surface area contributed by atoms with Gasteiger partial charge >= 0.3 is 0 Å². The van der Waals surface area contributed by atoms with E-state index in [1.165, 1.54) is 0 Å². The number of fused-ring (bicyclic) bond motifs is 7. The van der Waals surface area contributed by atoms with Crippen LogP contribution in [0.3, 0.4) is 0 Å². The van der Waals surface area contributed by atoms with Crippen molar-refractivity contribution < 1.29 is 17.6 Å². The molecule has 9 rings (SSSR count). The molecular weight excluding hydrogens is 663 g/mol. The first kappa shape index (κ1) is 30.8. The predicted octanol–water partition coefficient (Wildman–Crippen LogP) is 10.6. The lowest BCUT2D eigenvalue weighted by atomic mass is 9.91. The van der Waals surface area contributed by atoms with Gasteiger partial charge in [0.2, 0.25) is 0 Å². The summed E-state index contributed by atoms with van der Waals surface area (Å²) in [5.41, 5.74) is 4.87. The highest BCUT2D eigenvalue weighted by atomic mass is 19.2. The van der Waals surface area contributed by atoms with Gasteiger partial charge in [0.05, 0.1) is 27.7 Å². The minimum absolute atomic E-state index is 0.109. The molecule has 0 bridgehead atoms. The van der Waals surface area contributed by atoms with Gasteiger partial charge in [0.1, 0.15) is 17.7 Å². The molecule has 0 N–H and O–H groups in total. The molecule has 0 radical (unpaired) electrons. The average molecular weight is 682 g/mol. The van der Waals surface area contributed by atoms with Gasteiger partial charge in [-0.05, 0) is 63.7 Å². The number of nitriles is 2. The van der Waals surface area contributed by atoms with Gasteiger partial charge in [-0.15, -0.1) is 0 Å². The Kier molecular flexibility index (Phi) is 6.92. The summed E-state index contributed by atoms with van der Waals surface area (Å²) in [5.74, 6) is -7.36. The molecule has 52 heavy (non-hydrogen) atoms. The molecule has 0 aliphatic heterocycles. The van der Waals surface area contributed by atoms with Crippen molar-refractivity contribution in [2.45, 2.75) is 0 Å². The number of allylic oxidation sites excluding steroid dienone is 1. The molecule has 3 aromatic heterocycles. The lowest BCUT2D eigenvalue weighted by molar-refractivity contribution is 0.447. The number of halogens is 4. The van der Waals surface area contributed by atoms with Gasteiger partial charge in [-0.3, -0.25) is 15.0 Å². The minimum Gasteiger partial charge on any atom is -0.256 e. The van der Waals surface area contributed by atoms with Gasteiger partial charge in [-0.2, -0.15) is 10.5 Å². The third-order valence-electron chi connectivity index (χ3n) is 9.55. The molecule has 3 heterocycles. The zero-order valence-corrected chi connectivity index (χ0v) is 26.7. The van der Waals surface area contributed by atoms with E-state index in [-0.39, 0.29) is 5.57 Å². The lowest BCUT2D eigenvalue weighted by Gasteiger charge is -2.13. The molecular formula is C43H19F4N5. The van der Waals surface area contributed by atoms with Crippen LogP contribution in [-0.2, 0) is 0 Å². The molecule has 5 aromatic carbocycles. The van der Waals surface area contributed by atoms with Crippen LogP contribution in [-0.4, -0.2) is 15.0 Å². The van der Waals surface area contributed by atoms with Crippen LogP contribution in [0.2, 0.25) is 0 Å². The second kappa shape index (κ2) is 11.7. The highest BCUT2D eigenvalue weighted by molar-refractivity contribution is 6.14. The van der Waals surface area contributed by atoms with E-state index in [1.807, 2.05) is 66.9 Å².